The Morgan fingerprint density at radius 2 is 1.54 bits per heavy atom. The van der Waals surface area contributed by atoms with E-state index < -0.39 is 0 Å². The van der Waals surface area contributed by atoms with E-state index in [2.05, 4.69) is 10.2 Å². The Morgan fingerprint density at radius 3 is 2.15 bits per heavy atom. The zero-order chi connectivity index (χ0) is 8.23. The quantitative estimate of drug-likeness (QED) is 0.707. The number of piperidine rings is 2. The molecule has 0 radical (unpaired) electrons. The predicted molar refractivity (Wildman–Crippen MR) is 51.5 cm³/mol. The Kier molecular flexibility index (Phi) is 5.53. The summed E-state index contributed by atoms with van der Waals surface area (Å²) in [5.74, 6) is 0. The molecule has 2 nitrogen and oxygen atoms in total. The van der Waals surface area contributed by atoms with Gasteiger partial charge < -0.3 is 10.2 Å². The average Bonchev–Trinajstić information content (AvgIpc) is 2.21. The summed E-state index contributed by atoms with van der Waals surface area (Å²) in [5.41, 5.74) is 0. The van der Waals surface area contributed by atoms with Gasteiger partial charge in [0.15, 0.2) is 0 Å². The van der Waals surface area contributed by atoms with E-state index in [1.54, 1.807) is 0 Å². The van der Waals surface area contributed by atoms with Gasteiger partial charge in [0.05, 0.1) is 0 Å². The minimum Gasteiger partial charge on any atom is -0.662 e. The fourth-order valence-corrected chi connectivity index (χ4v) is 2.39. The Hall–Kier alpha value is 0.608. The number of rotatable bonds is 1. The molecule has 0 bridgehead atoms. The Balaban J connectivity index is 0.000000845. The van der Waals surface area contributed by atoms with Crippen LogP contribution in [-0.2, 0) is 21.1 Å². The monoisotopic (exact) mass is 351 g/mol. The van der Waals surface area contributed by atoms with Gasteiger partial charge in [-0.15, -0.1) is 13.1 Å². The third kappa shape index (κ3) is 3.34. The zero-order valence-corrected chi connectivity index (χ0v) is 11.2. The van der Waals surface area contributed by atoms with Crippen LogP contribution in [0, 0.1) is 0 Å². The summed E-state index contributed by atoms with van der Waals surface area (Å²) in [6.07, 6.45) is 6.94. The first kappa shape index (κ1) is 11.7. The van der Waals surface area contributed by atoms with Gasteiger partial charge in [0.1, 0.15) is 0 Å². The van der Waals surface area contributed by atoms with E-state index in [1.807, 2.05) is 0 Å². The van der Waals surface area contributed by atoms with Crippen molar-refractivity contribution in [1.82, 2.24) is 4.90 Å². The van der Waals surface area contributed by atoms with E-state index in [1.165, 1.54) is 45.2 Å². The third-order valence-electron chi connectivity index (χ3n) is 3.15. The molecule has 76 valence electrons. The van der Waals surface area contributed by atoms with Crippen molar-refractivity contribution in [2.75, 3.05) is 26.2 Å². The molecule has 0 N–H and O–H groups in total. The Morgan fingerprint density at radius 1 is 0.923 bits per heavy atom. The molecule has 0 aromatic rings. The predicted octanol–water partition coefficient (Wildman–Crippen LogP) is 2.01. The molecule has 0 saturated carbocycles. The van der Waals surface area contributed by atoms with Gasteiger partial charge >= 0.3 is 0 Å². The Bertz CT molecular complexity index is 113. The topological polar surface area (TPSA) is 17.3 Å². The van der Waals surface area contributed by atoms with Gasteiger partial charge in [0, 0.05) is 27.1 Å². The van der Waals surface area contributed by atoms with Crippen molar-refractivity contribution in [1.29, 1.82) is 0 Å². The third-order valence-corrected chi connectivity index (χ3v) is 3.15. The first-order valence-corrected chi connectivity index (χ1v) is 5.34. The molecule has 3 heteroatoms. The van der Waals surface area contributed by atoms with Crippen molar-refractivity contribution < 1.29 is 21.1 Å². The van der Waals surface area contributed by atoms with Crippen molar-refractivity contribution in [3.05, 3.63) is 5.32 Å². The largest absolute Gasteiger partial charge is 0.662 e. The van der Waals surface area contributed by atoms with Crippen LogP contribution >= 0.6 is 0 Å². The summed E-state index contributed by atoms with van der Waals surface area (Å²) in [6.45, 7) is 4.93. The van der Waals surface area contributed by atoms with Crippen LogP contribution in [0.1, 0.15) is 32.1 Å². The van der Waals surface area contributed by atoms with E-state index in [0.717, 1.165) is 19.1 Å². The molecule has 0 aromatic carbocycles. The van der Waals surface area contributed by atoms with Gasteiger partial charge in [-0.1, -0.05) is 19.3 Å². The average molecular weight is 351 g/mol. The standard InChI is InChI=1S/C10H19N2.W/c1-2-8-12(9-3-1)10-4-6-11-7-5-10;/h10H,1-9H2;/q-1;. The second-order valence-electron chi connectivity index (χ2n) is 4.00. The molecule has 0 atom stereocenters. The minimum absolute atomic E-state index is 0. The normalized spacial score (nSPS) is 26.8. The molecule has 0 amide bonds. The fourth-order valence-electron chi connectivity index (χ4n) is 2.39. The van der Waals surface area contributed by atoms with Gasteiger partial charge in [0.2, 0.25) is 0 Å². The van der Waals surface area contributed by atoms with E-state index in [-0.39, 0.29) is 21.1 Å². The van der Waals surface area contributed by atoms with Crippen molar-refractivity contribution in [2.45, 2.75) is 38.1 Å². The molecule has 2 saturated heterocycles. The van der Waals surface area contributed by atoms with E-state index in [9.17, 15) is 0 Å². The molecular formula is C10H19N2W-. The zero-order valence-electron chi connectivity index (χ0n) is 8.24. The van der Waals surface area contributed by atoms with Crippen LogP contribution < -0.4 is 0 Å². The van der Waals surface area contributed by atoms with E-state index in [4.69, 9.17) is 0 Å². The van der Waals surface area contributed by atoms with Crippen LogP contribution in [0.3, 0.4) is 0 Å². The number of likely N-dealkylation sites (tertiary alicyclic amines) is 1. The second-order valence-corrected chi connectivity index (χ2v) is 4.00. The molecule has 2 aliphatic rings. The summed E-state index contributed by atoms with van der Waals surface area (Å²) in [6, 6.07) is 0.878. The first-order valence-electron chi connectivity index (χ1n) is 5.34. The Labute approximate surface area is 95.7 Å². The molecule has 2 fully saturated rings. The molecule has 0 unspecified atom stereocenters. The van der Waals surface area contributed by atoms with Crippen LogP contribution in [0.25, 0.3) is 5.32 Å². The number of hydrogen-bond acceptors (Lipinski definition) is 1. The van der Waals surface area contributed by atoms with Gasteiger partial charge in [0.25, 0.3) is 0 Å². The van der Waals surface area contributed by atoms with Gasteiger partial charge in [-0.2, -0.15) is 0 Å². The molecule has 0 spiro atoms. The van der Waals surface area contributed by atoms with Crippen LogP contribution in [-0.4, -0.2) is 37.1 Å². The van der Waals surface area contributed by atoms with Crippen LogP contribution in [0.2, 0.25) is 0 Å². The molecular weight excluding hydrogens is 332 g/mol. The van der Waals surface area contributed by atoms with Gasteiger partial charge in [-0.05, 0) is 25.9 Å². The summed E-state index contributed by atoms with van der Waals surface area (Å²) in [4.78, 5) is 2.69. The van der Waals surface area contributed by atoms with E-state index >= 15 is 0 Å². The first-order chi connectivity index (χ1) is 5.97. The SMILES string of the molecule is C1CCN(C2CC[N-]CC2)CC1.[W]. The summed E-state index contributed by atoms with van der Waals surface area (Å²) in [5, 5.41) is 4.40. The fraction of sp³-hybridized carbons (Fsp3) is 1.00. The van der Waals surface area contributed by atoms with Crippen LogP contribution in [0.15, 0.2) is 0 Å². The van der Waals surface area contributed by atoms with Crippen molar-refractivity contribution in [2.24, 2.45) is 0 Å². The van der Waals surface area contributed by atoms with E-state index in [0.29, 0.717) is 0 Å². The van der Waals surface area contributed by atoms with Crippen molar-refractivity contribution in [3.8, 4) is 0 Å². The summed E-state index contributed by atoms with van der Waals surface area (Å²) in [7, 11) is 0. The second kappa shape index (κ2) is 6.16. The number of hydrogen-bond donors (Lipinski definition) is 0. The van der Waals surface area contributed by atoms with Crippen LogP contribution in [0.5, 0.6) is 0 Å². The molecule has 0 aliphatic carbocycles. The molecule has 0 aromatic heterocycles. The summed E-state index contributed by atoms with van der Waals surface area (Å²) >= 11 is 0. The van der Waals surface area contributed by atoms with Gasteiger partial charge in [-0.3, -0.25) is 0 Å². The smallest absolute Gasteiger partial charge is 0.00624 e. The summed E-state index contributed by atoms with van der Waals surface area (Å²) < 4.78 is 0. The van der Waals surface area contributed by atoms with Crippen molar-refractivity contribution in [3.63, 3.8) is 0 Å². The molecule has 2 heterocycles. The van der Waals surface area contributed by atoms with Crippen molar-refractivity contribution >= 4 is 0 Å². The van der Waals surface area contributed by atoms with Gasteiger partial charge in [-0.25, -0.2) is 0 Å². The van der Waals surface area contributed by atoms with Crippen LogP contribution in [0.4, 0.5) is 0 Å². The maximum atomic E-state index is 4.40. The number of nitrogens with zero attached hydrogens (tertiary/aromatic N) is 2. The maximum Gasteiger partial charge on any atom is 0.00624 e. The molecule has 13 heavy (non-hydrogen) atoms. The maximum absolute atomic E-state index is 4.40. The minimum atomic E-state index is 0. The molecule has 2 aliphatic heterocycles. The molecule has 2 rings (SSSR count).